The molecule has 0 N–H and O–H groups in total. The van der Waals surface area contributed by atoms with Gasteiger partial charge in [0.2, 0.25) is 0 Å². The second-order valence-corrected chi connectivity index (χ2v) is 6.68. The van der Waals surface area contributed by atoms with Crippen molar-refractivity contribution >= 4 is 11.7 Å². The predicted molar refractivity (Wildman–Crippen MR) is 97.7 cm³/mol. The van der Waals surface area contributed by atoms with Gasteiger partial charge in [0.25, 0.3) is 5.91 Å². The number of hydrogen-bond acceptors (Lipinski definition) is 3. The molecule has 0 unspecified atom stereocenters. The monoisotopic (exact) mass is 323 g/mol. The molecule has 4 heteroatoms. The summed E-state index contributed by atoms with van der Waals surface area (Å²) in [6, 6.07) is 10.0. The zero-order valence-electron chi connectivity index (χ0n) is 15.0. The molecule has 1 aliphatic rings. The Morgan fingerprint density at radius 2 is 1.54 bits per heavy atom. The van der Waals surface area contributed by atoms with Crippen LogP contribution in [-0.4, -0.2) is 42.0 Å². The number of nitrogens with zero attached hydrogens (tertiary/aromatic N) is 3. The zero-order valence-corrected chi connectivity index (χ0v) is 15.0. The fraction of sp³-hybridized carbons (Fsp3) is 0.400. The molecule has 0 radical (unpaired) electrons. The van der Waals surface area contributed by atoms with Gasteiger partial charge in [0.1, 0.15) is 5.82 Å². The molecule has 24 heavy (non-hydrogen) atoms. The Bertz CT molecular complexity index is 744. The zero-order chi connectivity index (χ0) is 17.3. The number of aryl methyl sites for hydroxylation is 4. The van der Waals surface area contributed by atoms with Crippen LogP contribution in [0.3, 0.4) is 0 Å². The van der Waals surface area contributed by atoms with Crippen LogP contribution in [-0.2, 0) is 0 Å². The molecule has 0 atom stereocenters. The number of anilines is 1. The summed E-state index contributed by atoms with van der Waals surface area (Å²) in [5.41, 5.74) is 5.46. The molecule has 1 fully saturated rings. The largest absolute Gasteiger partial charge is 0.353 e. The van der Waals surface area contributed by atoms with Gasteiger partial charge >= 0.3 is 0 Å². The molecule has 2 heterocycles. The van der Waals surface area contributed by atoms with Crippen LogP contribution in [0.2, 0.25) is 0 Å². The number of carbonyl (C=O) groups excluding carboxylic acids is 1. The lowest BCUT2D eigenvalue weighted by molar-refractivity contribution is 0.0746. The van der Waals surface area contributed by atoms with E-state index in [4.69, 9.17) is 4.98 Å². The molecule has 1 aromatic carbocycles. The van der Waals surface area contributed by atoms with Crippen molar-refractivity contribution in [3.8, 4) is 0 Å². The van der Waals surface area contributed by atoms with E-state index in [2.05, 4.69) is 31.7 Å². The quantitative estimate of drug-likeness (QED) is 0.851. The van der Waals surface area contributed by atoms with Crippen LogP contribution in [0, 0.1) is 27.7 Å². The molecule has 1 saturated heterocycles. The van der Waals surface area contributed by atoms with Gasteiger partial charge < -0.3 is 9.80 Å². The molecule has 0 saturated carbocycles. The smallest absolute Gasteiger partial charge is 0.253 e. The standard InChI is InChI=1S/C20H25N3O/c1-14-5-7-18(8-6-14)20(24)23-11-9-22(10-12-23)19-16(3)13-15(2)17(4)21-19/h5-8,13H,9-12H2,1-4H3. The van der Waals surface area contributed by atoms with E-state index in [-0.39, 0.29) is 5.91 Å². The predicted octanol–water partition coefficient (Wildman–Crippen LogP) is 3.28. The van der Waals surface area contributed by atoms with E-state index in [9.17, 15) is 4.79 Å². The first-order valence-electron chi connectivity index (χ1n) is 8.51. The number of carbonyl (C=O) groups is 1. The van der Waals surface area contributed by atoms with Crippen LogP contribution >= 0.6 is 0 Å². The third-order valence-corrected chi connectivity index (χ3v) is 4.79. The van der Waals surface area contributed by atoms with Crippen molar-refractivity contribution < 1.29 is 4.79 Å². The maximum Gasteiger partial charge on any atom is 0.253 e. The van der Waals surface area contributed by atoms with Crippen LogP contribution in [0.15, 0.2) is 30.3 Å². The average Bonchev–Trinajstić information content (AvgIpc) is 2.58. The van der Waals surface area contributed by atoms with Crippen LogP contribution in [0.5, 0.6) is 0 Å². The molecule has 126 valence electrons. The summed E-state index contributed by atoms with van der Waals surface area (Å²) in [6.45, 7) is 11.4. The summed E-state index contributed by atoms with van der Waals surface area (Å²) in [4.78, 5) is 21.6. The highest BCUT2D eigenvalue weighted by Crippen LogP contribution is 2.22. The number of piperazine rings is 1. The number of rotatable bonds is 2. The number of aromatic nitrogens is 1. The minimum atomic E-state index is 0.124. The lowest BCUT2D eigenvalue weighted by Gasteiger charge is -2.36. The van der Waals surface area contributed by atoms with Gasteiger partial charge in [-0.1, -0.05) is 23.8 Å². The van der Waals surface area contributed by atoms with Crippen molar-refractivity contribution in [2.24, 2.45) is 0 Å². The molecule has 3 rings (SSSR count). The van der Waals surface area contributed by atoms with Gasteiger partial charge in [0, 0.05) is 37.4 Å². The highest BCUT2D eigenvalue weighted by Gasteiger charge is 2.23. The van der Waals surface area contributed by atoms with Crippen molar-refractivity contribution in [3.05, 3.63) is 58.3 Å². The Morgan fingerprint density at radius 1 is 0.917 bits per heavy atom. The van der Waals surface area contributed by atoms with E-state index < -0.39 is 0 Å². The fourth-order valence-corrected chi connectivity index (χ4v) is 3.15. The number of pyridine rings is 1. The second-order valence-electron chi connectivity index (χ2n) is 6.68. The highest BCUT2D eigenvalue weighted by atomic mass is 16.2. The minimum absolute atomic E-state index is 0.124. The van der Waals surface area contributed by atoms with E-state index in [1.807, 2.05) is 36.1 Å². The van der Waals surface area contributed by atoms with Gasteiger partial charge in [0.05, 0.1) is 0 Å². The molecule has 0 aliphatic carbocycles. The Labute approximate surface area is 144 Å². The van der Waals surface area contributed by atoms with Gasteiger partial charge in [-0.3, -0.25) is 4.79 Å². The van der Waals surface area contributed by atoms with Crippen LogP contribution < -0.4 is 4.90 Å². The van der Waals surface area contributed by atoms with Gasteiger partial charge in [-0.2, -0.15) is 0 Å². The molecular formula is C20H25N3O. The van der Waals surface area contributed by atoms with Crippen molar-refractivity contribution in [2.45, 2.75) is 27.7 Å². The molecule has 2 aromatic rings. The van der Waals surface area contributed by atoms with Crippen LogP contribution in [0.25, 0.3) is 0 Å². The SMILES string of the molecule is Cc1ccc(C(=O)N2CCN(c3nc(C)c(C)cc3C)CC2)cc1. The van der Waals surface area contributed by atoms with Crippen molar-refractivity contribution in [1.29, 1.82) is 0 Å². The summed E-state index contributed by atoms with van der Waals surface area (Å²) in [7, 11) is 0. The Hall–Kier alpha value is -2.36. The molecule has 1 aliphatic heterocycles. The van der Waals surface area contributed by atoms with Gasteiger partial charge in [0.15, 0.2) is 0 Å². The maximum atomic E-state index is 12.6. The maximum absolute atomic E-state index is 12.6. The third-order valence-electron chi connectivity index (χ3n) is 4.79. The lowest BCUT2D eigenvalue weighted by Crippen LogP contribution is -2.49. The molecule has 4 nitrogen and oxygen atoms in total. The van der Waals surface area contributed by atoms with Crippen LogP contribution in [0.1, 0.15) is 32.7 Å². The topological polar surface area (TPSA) is 36.4 Å². The first-order chi connectivity index (χ1) is 11.5. The van der Waals surface area contributed by atoms with Gasteiger partial charge in [-0.05, 0) is 51.0 Å². The molecule has 0 spiro atoms. The fourth-order valence-electron chi connectivity index (χ4n) is 3.15. The minimum Gasteiger partial charge on any atom is -0.353 e. The van der Waals surface area contributed by atoms with Crippen LogP contribution in [0.4, 0.5) is 5.82 Å². The number of benzene rings is 1. The van der Waals surface area contributed by atoms with E-state index in [0.29, 0.717) is 0 Å². The molecular weight excluding hydrogens is 298 g/mol. The van der Waals surface area contributed by atoms with E-state index in [1.165, 1.54) is 16.7 Å². The lowest BCUT2D eigenvalue weighted by atomic mass is 10.1. The summed E-state index contributed by atoms with van der Waals surface area (Å²) in [5, 5.41) is 0. The average molecular weight is 323 g/mol. The number of amides is 1. The molecule has 1 amide bonds. The van der Waals surface area contributed by atoms with E-state index in [0.717, 1.165) is 43.3 Å². The van der Waals surface area contributed by atoms with Crippen molar-refractivity contribution in [2.75, 3.05) is 31.1 Å². The Balaban J connectivity index is 1.68. The second kappa shape index (κ2) is 6.63. The molecule has 0 bridgehead atoms. The van der Waals surface area contributed by atoms with Gasteiger partial charge in [-0.15, -0.1) is 0 Å². The van der Waals surface area contributed by atoms with E-state index in [1.54, 1.807) is 0 Å². The highest BCUT2D eigenvalue weighted by molar-refractivity contribution is 5.94. The summed E-state index contributed by atoms with van der Waals surface area (Å²) in [6.07, 6.45) is 0. The third kappa shape index (κ3) is 3.28. The Morgan fingerprint density at radius 3 is 2.17 bits per heavy atom. The Kier molecular flexibility index (Phi) is 4.56. The molecule has 1 aromatic heterocycles. The summed E-state index contributed by atoms with van der Waals surface area (Å²) in [5.74, 6) is 1.18. The normalized spacial score (nSPS) is 14.8. The van der Waals surface area contributed by atoms with E-state index >= 15 is 0 Å². The summed E-state index contributed by atoms with van der Waals surface area (Å²) < 4.78 is 0. The number of hydrogen-bond donors (Lipinski definition) is 0. The first kappa shape index (κ1) is 16.5. The first-order valence-corrected chi connectivity index (χ1v) is 8.51. The van der Waals surface area contributed by atoms with Crippen molar-refractivity contribution in [1.82, 2.24) is 9.88 Å². The van der Waals surface area contributed by atoms with Crippen molar-refractivity contribution in [3.63, 3.8) is 0 Å². The van der Waals surface area contributed by atoms with Gasteiger partial charge in [-0.25, -0.2) is 4.98 Å². The summed E-state index contributed by atoms with van der Waals surface area (Å²) >= 11 is 0.